The maximum Gasteiger partial charge on any atom is -0.147 e. The molecule has 0 heterocycles. The molecule has 0 saturated heterocycles. The minimum Gasteiger partial charge on any atom is -0.147 e. The van der Waals surface area contributed by atoms with E-state index in [0.717, 1.165) is 7.25 Å². The molecule has 146 valence electrons. The predicted octanol–water partition coefficient (Wildman–Crippen LogP) is 6.66. The van der Waals surface area contributed by atoms with Crippen molar-refractivity contribution in [1.82, 2.24) is 0 Å². The van der Waals surface area contributed by atoms with Crippen LogP contribution in [0.1, 0.15) is 57.2 Å². The van der Waals surface area contributed by atoms with Crippen molar-refractivity contribution in [3.8, 4) is 0 Å². The van der Waals surface area contributed by atoms with E-state index in [2.05, 4.69) is 79.2 Å². The second kappa shape index (κ2) is 9.88. The van der Waals surface area contributed by atoms with Gasteiger partial charge in [-0.3, -0.25) is 0 Å². The van der Waals surface area contributed by atoms with Crippen LogP contribution in [0.4, 0.5) is 0 Å². The molecule has 2 unspecified atom stereocenters. The number of fused-ring (bicyclic) bond motifs is 2. The molecule has 0 aromatic heterocycles. The fourth-order valence-corrected chi connectivity index (χ4v) is 26.4. The van der Waals surface area contributed by atoms with E-state index >= 15 is 0 Å². The summed E-state index contributed by atoms with van der Waals surface area (Å²) in [6, 6.07) is 18.2. The second-order valence-electron chi connectivity index (χ2n) is 7.72. The van der Waals surface area contributed by atoms with Gasteiger partial charge >= 0.3 is 147 Å². The zero-order valence-corrected chi connectivity index (χ0v) is 23.3. The van der Waals surface area contributed by atoms with Gasteiger partial charge in [-0.05, 0) is 0 Å². The Morgan fingerprint density at radius 2 is 1.04 bits per heavy atom. The Hall–Kier alpha value is -0.400. The van der Waals surface area contributed by atoms with Crippen molar-refractivity contribution in [1.29, 1.82) is 0 Å². The topological polar surface area (TPSA) is 0 Å². The third-order valence-electron chi connectivity index (χ3n) is 5.78. The fraction of sp³-hybridized carbons (Fsp3) is 0.304. The molecule has 2 aromatic carbocycles. The van der Waals surface area contributed by atoms with Crippen molar-refractivity contribution in [2.45, 2.75) is 39.6 Å². The number of allylic oxidation sites excluding steroid dienone is 2. The van der Waals surface area contributed by atoms with Crippen LogP contribution < -0.4 is 0 Å². The quantitative estimate of drug-likeness (QED) is 0.407. The molecule has 0 radical (unpaired) electrons. The van der Waals surface area contributed by atoms with Gasteiger partial charge in [0.15, 0.2) is 0 Å². The summed E-state index contributed by atoms with van der Waals surface area (Å²) in [4.78, 5) is 0. The standard InChI is InChI=1S/2C10H9.C2H6.CH3.2ClH.H3Si.Zr/c2*1-8-6-9-4-2-3-5-10(9)7-8;1-2;;;;;/h2*2-7H,1H3;1-2H3;1H3;2*1H;1H3;. The normalized spacial score (nSPS) is 21.2. The molecule has 0 aliphatic heterocycles. The molecule has 2 atom stereocenters. The maximum atomic E-state index is 2.72. The Balaban J connectivity index is 0.000000883. The summed E-state index contributed by atoms with van der Waals surface area (Å²) in [6.07, 6.45) is 4.90. The van der Waals surface area contributed by atoms with Crippen LogP contribution in [0.15, 0.2) is 59.7 Å². The van der Waals surface area contributed by atoms with Crippen LogP contribution in [0.25, 0.3) is 12.2 Å². The summed E-state index contributed by atoms with van der Waals surface area (Å²) in [5.41, 5.74) is 9.43. The van der Waals surface area contributed by atoms with Crippen molar-refractivity contribution in [2.75, 3.05) is 0 Å². The molecule has 0 nitrogen and oxygen atoms in total. The summed E-state index contributed by atoms with van der Waals surface area (Å²) >= 11 is -2.36. The van der Waals surface area contributed by atoms with Gasteiger partial charge in [0, 0.05) is 0 Å². The van der Waals surface area contributed by atoms with Crippen LogP contribution in [-0.4, -0.2) is 7.37 Å². The van der Waals surface area contributed by atoms with E-state index in [-0.39, 0.29) is 24.8 Å². The SMILES string of the molecule is CC.CC1=Cc2ccccc2[CH]1[Zr]([CH3])([SiH3])[CH]1C(C)=Cc2ccccc21.Cl.Cl. The number of halogens is 2. The van der Waals surface area contributed by atoms with Crippen LogP contribution in [0.2, 0.25) is 4.63 Å². The smallest absolute Gasteiger partial charge is 0.147 e. The van der Waals surface area contributed by atoms with E-state index in [9.17, 15) is 0 Å². The van der Waals surface area contributed by atoms with Gasteiger partial charge in [-0.25, -0.2) is 0 Å². The van der Waals surface area contributed by atoms with Crippen LogP contribution in [0.5, 0.6) is 0 Å². The monoisotopic (exact) mass is 496 g/mol. The van der Waals surface area contributed by atoms with Gasteiger partial charge in [-0.15, -0.1) is 24.8 Å². The Morgan fingerprint density at radius 3 is 1.41 bits per heavy atom. The molecule has 27 heavy (non-hydrogen) atoms. The first-order valence-electron chi connectivity index (χ1n) is 9.54. The molecule has 2 aliphatic rings. The first-order chi connectivity index (χ1) is 12.0. The van der Waals surface area contributed by atoms with Gasteiger partial charge in [0.1, 0.15) is 0 Å². The number of benzene rings is 2. The van der Waals surface area contributed by atoms with Crippen molar-refractivity contribution in [3.63, 3.8) is 0 Å². The van der Waals surface area contributed by atoms with Gasteiger partial charge < -0.3 is 0 Å². The number of hydrogen-bond donors (Lipinski definition) is 0. The van der Waals surface area contributed by atoms with E-state index in [1.165, 1.54) is 18.5 Å². The first kappa shape index (κ1) is 24.6. The van der Waals surface area contributed by atoms with Crippen LogP contribution in [0, 0.1) is 0 Å². The van der Waals surface area contributed by atoms with Gasteiger partial charge in [0.05, 0.1) is 0 Å². The molecule has 2 aromatic rings. The molecule has 0 N–H and O–H groups in total. The summed E-state index contributed by atoms with van der Waals surface area (Å²) < 4.78 is 4.23. The largest absolute Gasteiger partial charge is 0.147 e. The van der Waals surface area contributed by atoms with Crippen molar-refractivity contribution in [2.24, 2.45) is 0 Å². The van der Waals surface area contributed by atoms with Gasteiger partial charge in [-0.1, -0.05) is 13.8 Å². The third-order valence-corrected chi connectivity index (χ3v) is 23.7. The predicted molar refractivity (Wildman–Crippen MR) is 127 cm³/mol. The molecule has 4 heteroatoms. The first-order valence-corrected chi connectivity index (χ1v) is 23.2. The van der Waals surface area contributed by atoms with E-state index < -0.39 is 19.4 Å². The van der Waals surface area contributed by atoms with E-state index in [4.69, 9.17) is 0 Å². The Morgan fingerprint density at radius 1 is 0.704 bits per heavy atom. The molecule has 0 bridgehead atoms. The molecular weight excluding hydrogens is 466 g/mol. The average Bonchev–Trinajstić information content (AvgIpc) is 3.12. The second-order valence-corrected chi connectivity index (χ2v) is 32.3. The summed E-state index contributed by atoms with van der Waals surface area (Å²) in [6.45, 7) is 8.75. The van der Waals surface area contributed by atoms with Crippen LogP contribution in [0.3, 0.4) is 0 Å². The molecule has 0 amide bonds. The van der Waals surface area contributed by atoms with Crippen molar-refractivity contribution < 1.29 is 19.4 Å². The van der Waals surface area contributed by atoms with E-state index in [1.54, 1.807) is 22.3 Å². The zero-order chi connectivity index (χ0) is 18.2. The molecule has 0 saturated carbocycles. The summed E-state index contributed by atoms with van der Waals surface area (Å²) in [5, 5.41) is 0. The fourth-order valence-electron chi connectivity index (χ4n) is 5.10. The molecule has 4 rings (SSSR count). The third kappa shape index (κ3) is 4.30. The van der Waals surface area contributed by atoms with E-state index in [1.807, 2.05) is 13.8 Å². The minimum absolute atomic E-state index is 0. The molecule has 2 aliphatic carbocycles. The van der Waals surface area contributed by atoms with Crippen LogP contribution >= 0.6 is 24.8 Å². The number of rotatable bonds is 2. The van der Waals surface area contributed by atoms with Crippen LogP contribution in [-0.2, 0) is 19.4 Å². The molecule has 0 spiro atoms. The van der Waals surface area contributed by atoms with Crippen molar-refractivity contribution >= 4 is 44.3 Å². The Labute approximate surface area is 184 Å². The summed E-state index contributed by atoms with van der Waals surface area (Å²) in [7, 11) is 1.37. The molecule has 0 fully saturated rings. The number of hydrogen-bond acceptors (Lipinski definition) is 0. The van der Waals surface area contributed by atoms with E-state index in [0.29, 0.717) is 0 Å². The zero-order valence-electron chi connectivity index (χ0n) is 17.2. The van der Waals surface area contributed by atoms with Gasteiger partial charge in [0.25, 0.3) is 0 Å². The van der Waals surface area contributed by atoms with Gasteiger partial charge in [0.2, 0.25) is 0 Å². The minimum atomic E-state index is -2.36. The Bertz CT molecular complexity index is 785. The summed E-state index contributed by atoms with van der Waals surface area (Å²) in [5.74, 6) is 0. The Kier molecular flexibility index (Phi) is 9.01. The maximum absolute atomic E-state index is 2.72. The van der Waals surface area contributed by atoms with Crippen molar-refractivity contribution in [3.05, 3.63) is 81.9 Å². The molecular formula is C23H32Cl2SiZr. The van der Waals surface area contributed by atoms with Gasteiger partial charge in [-0.2, -0.15) is 0 Å². The average molecular weight is 499 g/mol.